The van der Waals surface area contributed by atoms with Crippen LogP contribution in [0.2, 0.25) is 5.02 Å². The van der Waals surface area contributed by atoms with Crippen molar-refractivity contribution in [3.63, 3.8) is 0 Å². The number of carbonyl (C=O) groups is 4. The van der Waals surface area contributed by atoms with Gasteiger partial charge in [-0.3, -0.25) is 24.4 Å². The highest BCUT2D eigenvalue weighted by atomic mass is 35.5. The van der Waals surface area contributed by atoms with E-state index in [1.807, 2.05) is 6.92 Å². The lowest BCUT2D eigenvalue weighted by Crippen LogP contribution is -2.48. The molecule has 2 atom stereocenters. The molecule has 2 aliphatic rings. The zero-order valence-electron chi connectivity index (χ0n) is 37.2. The van der Waals surface area contributed by atoms with Crippen molar-refractivity contribution in [1.82, 2.24) is 35.9 Å². The van der Waals surface area contributed by atoms with Crippen LogP contribution >= 0.6 is 11.6 Å². The molecule has 1 aromatic carbocycles. The molecule has 0 saturated carbocycles. The number of hydrogen-bond acceptors (Lipinski definition) is 16. The van der Waals surface area contributed by atoms with Crippen LogP contribution in [0, 0.1) is 5.82 Å². The van der Waals surface area contributed by atoms with Crippen molar-refractivity contribution in [1.29, 1.82) is 0 Å². The molecule has 2 aromatic heterocycles. The number of unbranched alkanes of at least 4 members (excludes halogenated alkanes) is 2. The summed E-state index contributed by atoms with van der Waals surface area (Å²) in [5.41, 5.74) is 0.926. The van der Waals surface area contributed by atoms with E-state index in [4.69, 9.17) is 35.5 Å². The van der Waals surface area contributed by atoms with Gasteiger partial charge in [-0.05, 0) is 64.8 Å². The van der Waals surface area contributed by atoms with E-state index in [1.54, 1.807) is 56.2 Å². The number of alkyl carbamates (subject to hydrolysis) is 1. The largest absolute Gasteiger partial charge is 0.444 e. The lowest BCUT2D eigenvalue weighted by molar-refractivity contribution is -0.123. The molecule has 0 aliphatic carbocycles. The Labute approximate surface area is 382 Å². The number of aliphatic hydroxyl groups excluding tert-OH is 1. The van der Waals surface area contributed by atoms with E-state index < -0.39 is 42.0 Å². The van der Waals surface area contributed by atoms with E-state index in [2.05, 4.69) is 41.5 Å². The Morgan fingerprint density at radius 2 is 1.74 bits per heavy atom. The van der Waals surface area contributed by atoms with Crippen LogP contribution in [0.25, 0.3) is 0 Å². The van der Waals surface area contributed by atoms with Gasteiger partial charge in [0.15, 0.2) is 11.4 Å². The number of amides is 2. The number of nitrogens with zero attached hydrogens (tertiary/aromatic N) is 7. The van der Waals surface area contributed by atoms with Gasteiger partial charge >= 0.3 is 6.09 Å². The molecule has 0 spiro atoms. The first-order valence-electron chi connectivity index (χ1n) is 21.6. The number of rotatable bonds is 28. The summed E-state index contributed by atoms with van der Waals surface area (Å²) in [6, 6.07) is 5.53. The molecule has 5 rings (SSSR count). The SMILES string of the molecule is CC1(CCC(=O)CCCCC[C@H](NC(=O)OC(C)(C)C)C(=O)NCCOCCOCCn2cc(COCC3=C(C(=O)CO)C(c4ccc(F)cc4Cl)N=C(c4ccncc4)N3)nn2)N=N1. The monoisotopic (exact) mass is 924 g/mol. The molecule has 0 fully saturated rings. The molecule has 0 bridgehead atoms. The van der Waals surface area contributed by atoms with Crippen LogP contribution in [0.5, 0.6) is 0 Å². The van der Waals surface area contributed by atoms with E-state index in [0.29, 0.717) is 86.6 Å². The molecule has 352 valence electrons. The van der Waals surface area contributed by atoms with E-state index in [0.717, 1.165) is 12.5 Å². The van der Waals surface area contributed by atoms with Gasteiger partial charge < -0.3 is 40.0 Å². The Bertz CT molecular complexity index is 2170. The number of aliphatic hydroxyl groups is 1. The van der Waals surface area contributed by atoms with Crippen molar-refractivity contribution in [3.05, 3.63) is 87.9 Å². The minimum absolute atomic E-state index is 0.0372. The number of halogens is 2. The van der Waals surface area contributed by atoms with Crippen LogP contribution in [0.1, 0.15) is 95.5 Å². The lowest BCUT2D eigenvalue weighted by Gasteiger charge is -2.28. The number of carbonyl (C=O) groups excluding carboxylic acids is 4. The van der Waals surface area contributed by atoms with E-state index in [9.17, 15) is 28.7 Å². The highest BCUT2D eigenvalue weighted by molar-refractivity contribution is 6.31. The first-order chi connectivity index (χ1) is 31.1. The van der Waals surface area contributed by atoms with Gasteiger partial charge in [-0.15, -0.1) is 5.10 Å². The number of nitrogens with one attached hydrogen (secondary N) is 3. The Balaban J connectivity index is 1.00. The summed E-state index contributed by atoms with van der Waals surface area (Å²) in [5, 5.41) is 34.8. The maximum Gasteiger partial charge on any atom is 0.408 e. The molecular formula is C44H58ClFN10O9. The minimum Gasteiger partial charge on any atom is -0.444 e. The van der Waals surface area contributed by atoms with Crippen molar-refractivity contribution >= 4 is 41.0 Å². The normalized spacial score (nSPS) is 15.8. The molecule has 3 aromatic rings. The molecule has 4 N–H and O–H groups in total. The number of aromatic nitrogens is 4. The van der Waals surface area contributed by atoms with Crippen LogP contribution in [-0.4, -0.2) is 118 Å². The van der Waals surface area contributed by atoms with Crippen LogP contribution in [0.15, 0.2) is 75.4 Å². The first kappa shape index (κ1) is 50.5. The van der Waals surface area contributed by atoms with Gasteiger partial charge in [0.2, 0.25) is 5.91 Å². The molecule has 4 heterocycles. The number of hydrogen-bond donors (Lipinski definition) is 4. The lowest BCUT2D eigenvalue weighted by atomic mass is 9.92. The first-order valence-corrected chi connectivity index (χ1v) is 21.9. The topological polar surface area (TPSA) is 242 Å². The van der Waals surface area contributed by atoms with Crippen molar-refractivity contribution in [2.45, 2.75) is 109 Å². The van der Waals surface area contributed by atoms with Gasteiger partial charge in [-0.1, -0.05) is 35.7 Å². The number of pyridine rings is 1. The number of Topliss-reactive ketones (excluding diaryl/α,β-unsaturated/α-hetero) is 2. The van der Waals surface area contributed by atoms with Crippen molar-refractivity contribution in [2.24, 2.45) is 15.2 Å². The Morgan fingerprint density at radius 3 is 2.45 bits per heavy atom. The average Bonchev–Trinajstić information content (AvgIpc) is 3.84. The molecule has 21 heteroatoms. The van der Waals surface area contributed by atoms with E-state index in [1.165, 1.54) is 12.1 Å². The highest BCUT2D eigenvalue weighted by Crippen LogP contribution is 2.36. The molecule has 0 radical (unpaired) electrons. The highest BCUT2D eigenvalue weighted by Gasteiger charge is 2.34. The van der Waals surface area contributed by atoms with Crippen molar-refractivity contribution in [3.8, 4) is 0 Å². The summed E-state index contributed by atoms with van der Waals surface area (Å²) >= 11 is 6.43. The fraction of sp³-hybridized carbons (Fsp3) is 0.545. The fourth-order valence-electron chi connectivity index (χ4n) is 6.60. The third-order valence-corrected chi connectivity index (χ3v) is 10.3. The number of ether oxygens (including phenoxy) is 4. The zero-order chi connectivity index (χ0) is 46.8. The van der Waals surface area contributed by atoms with Gasteiger partial charge in [0.25, 0.3) is 0 Å². The Morgan fingerprint density at radius 1 is 0.985 bits per heavy atom. The molecule has 2 amide bonds. The second-order valence-corrected chi connectivity index (χ2v) is 17.0. The Kier molecular flexibility index (Phi) is 19.1. The number of benzene rings is 1. The summed E-state index contributed by atoms with van der Waals surface area (Å²) in [7, 11) is 0. The summed E-state index contributed by atoms with van der Waals surface area (Å²) in [6.07, 6.45) is 8.17. The zero-order valence-corrected chi connectivity index (χ0v) is 37.9. The molecular weight excluding hydrogens is 867 g/mol. The predicted molar refractivity (Wildman–Crippen MR) is 235 cm³/mol. The maximum atomic E-state index is 14.0. The average molecular weight is 925 g/mol. The number of ketones is 2. The maximum absolute atomic E-state index is 14.0. The Hall–Kier alpha value is -5.54. The van der Waals surface area contributed by atoms with Gasteiger partial charge in [0, 0.05) is 59.9 Å². The third kappa shape index (κ3) is 17.1. The summed E-state index contributed by atoms with van der Waals surface area (Å²) in [4.78, 5) is 59.7. The van der Waals surface area contributed by atoms with Crippen molar-refractivity contribution < 1.29 is 47.6 Å². The molecule has 19 nitrogen and oxygen atoms in total. The second-order valence-electron chi connectivity index (χ2n) is 16.6. The molecule has 65 heavy (non-hydrogen) atoms. The second kappa shape index (κ2) is 24.7. The summed E-state index contributed by atoms with van der Waals surface area (Å²) < 4.78 is 38.2. The minimum atomic E-state index is -0.956. The predicted octanol–water partition coefficient (Wildman–Crippen LogP) is 5.11. The van der Waals surface area contributed by atoms with Gasteiger partial charge in [0.05, 0.1) is 58.1 Å². The van der Waals surface area contributed by atoms with Gasteiger partial charge in [-0.25, -0.2) is 13.9 Å². The third-order valence-electron chi connectivity index (χ3n) is 10.0. The summed E-state index contributed by atoms with van der Waals surface area (Å²) in [5.74, 6) is -0.936. The van der Waals surface area contributed by atoms with Crippen LogP contribution in [-0.2, 0) is 46.5 Å². The quantitative estimate of drug-likeness (QED) is 0.0693. The molecule has 2 aliphatic heterocycles. The van der Waals surface area contributed by atoms with Crippen LogP contribution in [0.3, 0.4) is 0 Å². The van der Waals surface area contributed by atoms with Crippen molar-refractivity contribution in [2.75, 3.05) is 46.2 Å². The standard InChI is InChI=1S/C44H58ClFN10O9/c1-43(2,3)65-42(61)50-35(9-7-5-6-8-32(58)12-15-44(4)53-54-44)41(60)48-18-20-62-22-23-63-21-19-56-25-31(52-55-56)27-64-28-36-38(37(59)26-57)39(33-11-10-30(46)24-34(33)45)51-40(49-36)29-13-16-47-17-14-29/h10-11,13-14,16-17,24-25,35,39,57H,5-9,12,15,18-23,26-28H2,1-4H3,(H,48,60)(H,49,51)(H,50,61)/t35-,39?/m0/s1. The van der Waals surface area contributed by atoms with Gasteiger partial charge in [0.1, 0.15) is 47.4 Å². The van der Waals surface area contributed by atoms with E-state index in [-0.39, 0.29) is 60.9 Å². The molecule has 0 saturated heterocycles. The number of amidine groups is 1. The molecule has 1 unspecified atom stereocenters. The van der Waals surface area contributed by atoms with E-state index >= 15 is 0 Å². The smallest absolute Gasteiger partial charge is 0.408 e. The summed E-state index contributed by atoms with van der Waals surface area (Å²) in [6.45, 7) is 8.00. The fourth-order valence-corrected chi connectivity index (χ4v) is 6.87. The number of aliphatic imine (C=N–C) groups is 1. The van der Waals surface area contributed by atoms with Gasteiger partial charge in [-0.2, -0.15) is 10.2 Å². The van der Waals surface area contributed by atoms with Crippen LogP contribution < -0.4 is 16.0 Å². The van der Waals surface area contributed by atoms with Crippen LogP contribution in [0.4, 0.5) is 9.18 Å².